The Morgan fingerprint density at radius 2 is 1.32 bits per heavy atom. The molecule has 0 aromatic heterocycles. The van der Waals surface area contributed by atoms with Crippen molar-refractivity contribution in [1.82, 2.24) is 0 Å². The highest BCUT2D eigenvalue weighted by Gasteiger charge is 2.52. The Morgan fingerprint density at radius 3 is 1.74 bits per heavy atom. The zero-order valence-corrected chi connectivity index (χ0v) is 19.3. The first-order chi connectivity index (χ1) is 14.3. The highest BCUT2D eigenvalue weighted by atomic mass is 16.6. The zero-order valence-electron chi connectivity index (χ0n) is 19.3. The second-order valence-electron chi connectivity index (χ2n) is 9.42. The Morgan fingerprint density at radius 1 is 0.839 bits per heavy atom. The number of ether oxygens (including phenoxy) is 2. The number of fused-ring (bicyclic) bond motifs is 2. The van der Waals surface area contributed by atoms with Gasteiger partial charge in [-0.1, -0.05) is 26.0 Å². The first kappa shape index (κ1) is 26.7. The highest BCUT2D eigenvalue weighted by Crippen LogP contribution is 2.48. The van der Waals surface area contributed by atoms with Gasteiger partial charge in [0.05, 0.1) is 22.7 Å². The van der Waals surface area contributed by atoms with Crippen LogP contribution in [0.2, 0.25) is 0 Å². The normalized spacial score (nSPS) is 24.2. The van der Waals surface area contributed by atoms with Crippen LogP contribution in [0.15, 0.2) is 12.2 Å². The van der Waals surface area contributed by atoms with Crippen molar-refractivity contribution < 1.29 is 38.9 Å². The molecule has 1 fully saturated rings. The summed E-state index contributed by atoms with van der Waals surface area (Å²) in [5.74, 6) is -4.01. The minimum Gasteiger partial charge on any atom is -0.481 e. The number of carbonyl (C=O) groups is 4. The molecule has 176 valence electrons. The molecule has 0 aromatic carbocycles. The van der Waals surface area contributed by atoms with E-state index in [1.165, 1.54) is 0 Å². The monoisotopic (exact) mass is 440 g/mol. The van der Waals surface area contributed by atoms with Gasteiger partial charge in [0.1, 0.15) is 13.2 Å². The summed E-state index contributed by atoms with van der Waals surface area (Å²) in [5.41, 5.74) is -1.10. The third-order valence-electron chi connectivity index (χ3n) is 6.48. The fourth-order valence-electron chi connectivity index (χ4n) is 3.34. The van der Waals surface area contributed by atoms with Crippen LogP contribution in [0.3, 0.4) is 0 Å². The number of hydrogen-bond donors (Lipinski definition) is 2. The smallest absolute Gasteiger partial charge is 0.311 e. The Balaban J connectivity index is 0.000000512. The molecule has 4 atom stereocenters. The van der Waals surface area contributed by atoms with Gasteiger partial charge in [-0.25, -0.2) is 0 Å². The van der Waals surface area contributed by atoms with Crippen molar-refractivity contribution in [2.75, 3.05) is 13.2 Å². The predicted octanol–water partition coefficient (Wildman–Crippen LogP) is 3.54. The Bertz CT molecular complexity index is 706. The van der Waals surface area contributed by atoms with E-state index in [1.54, 1.807) is 27.7 Å². The van der Waals surface area contributed by atoms with Crippen molar-refractivity contribution in [3.63, 3.8) is 0 Å². The van der Waals surface area contributed by atoms with Crippen LogP contribution in [-0.2, 0) is 28.7 Å². The summed E-state index contributed by atoms with van der Waals surface area (Å²) < 4.78 is 10.2. The molecule has 0 saturated heterocycles. The molecular weight excluding hydrogens is 404 g/mol. The van der Waals surface area contributed by atoms with Crippen molar-refractivity contribution >= 4 is 23.9 Å². The molecule has 2 rings (SSSR count). The summed E-state index contributed by atoms with van der Waals surface area (Å²) in [7, 11) is 0. The van der Waals surface area contributed by atoms with Gasteiger partial charge in [-0.3, -0.25) is 19.2 Å². The molecular formula is C23H36O8. The van der Waals surface area contributed by atoms with Crippen LogP contribution in [0, 0.1) is 34.5 Å². The van der Waals surface area contributed by atoms with Gasteiger partial charge in [-0.15, -0.1) is 0 Å². The number of carboxylic acids is 2. The molecule has 8 heteroatoms. The first-order valence-electron chi connectivity index (χ1n) is 10.8. The average molecular weight is 441 g/mol. The number of hydrogen-bond acceptors (Lipinski definition) is 6. The van der Waals surface area contributed by atoms with Gasteiger partial charge in [0.25, 0.3) is 0 Å². The van der Waals surface area contributed by atoms with E-state index in [-0.39, 0.29) is 31.0 Å². The molecule has 2 aliphatic rings. The Kier molecular flexibility index (Phi) is 9.26. The summed E-state index contributed by atoms with van der Waals surface area (Å²) in [6.07, 6.45) is 5.81. The van der Waals surface area contributed by atoms with E-state index in [4.69, 9.17) is 14.6 Å². The standard InChI is InChI=1S/C17H24O6.C6H12O2/c1-4-17(2,3)16(21)23-8-7-22-15(20)13-11-6-5-10(9-11)12(13)14(18)19;1-4-6(2,3)5(7)8/h5-6,10-13H,4,7-9H2,1-3H3,(H,18,19);4H2,1-3H3,(H,7,8). The lowest BCUT2D eigenvalue weighted by Crippen LogP contribution is -2.35. The SMILES string of the molecule is CCC(C)(C)C(=O)O.CCC(C)(C)C(=O)OCCOC(=O)C1C2C=CC(C2)C1C(=O)O. The summed E-state index contributed by atoms with van der Waals surface area (Å²) in [6, 6.07) is 0. The van der Waals surface area contributed by atoms with Crippen LogP contribution < -0.4 is 0 Å². The maximum Gasteiger partial charge on any atom is 0.311 e. The van der Waals surface area contributed by atoms with Gasteiger partial charge in [0.2, 0.25) is 0 Å². The minimum absolute atomic E-state index is 0.0115. The lowest BCUT2D eigenvalue weighted by molar-refractivity contribution is -0.163. The minimum atomic E-state index is -0.958. The number of carboxylic acid groups (broad SMARTS) is 2. The lowest BCUT2D eigenvalue weighted by Gasteiger charge is -2.23. The molecule has 2 aliphatic carbocycles. The molecule has 0 heterocycles. The van der Waals surface area contributed by atoms with Crippen LogP contribution in [0.1, 0.15) is 60.8 Å². The van der Waals surface area contributed by atoms with Gasteiger partial charge in [0.15, 0.2) is 0 Å². The number of carbonyl (C=O) groups excluding carboxylic acids is 2. The Hall–Kier alpha value is -2.38. The second-order valence-corrected chi connectivity index (χ2v) is 9.42. The molecule has 31 heavy (non-hydrogen) atoms. The molecule has 4 unspecified atom stereocenters. The predicted molar refractivity (Wildman–Crippen MR) is 113 cm³/mol. The van der Waals surface area contributed by atoms with Crippen molar-refractivity contribution in [2.24, 2.45) is 34.5 Å². The van der Waals surface area contributed by atoms with E-state index in [0.29, 0.717) is 19.3 Å². The Labute approximate surface area is 184 Å². The van der Waals surface area contributed by atoms with E-state index in [0.717, 1.165) is 0 Å². The van der Waals surface area contributed by atoms with Crippen molar-refractivity contribution in [1.29, 1.82) is 0 Å². The van der Waals surface area contributed by atoms with Crippen LogP contribution in [0.4, 0.5) is 0 Å². The van der Waals surface area contributed by atoms with Crippen molar-refractivity contribution in [3.8, 4) is 0 Å². The van der Waals surface area contributed by atoms with Crippen molar-refractivity contribution in [3.05, 3.63) is 12.2 Å². The molecule has 0 amide bonds. The quantitative estimate of drug-likeness (QED) is 0.317. The number of esters is 2. The molecule has 1 saturated carbocycles. The fourth-order valence-corrected chi connectivity index (χ4v) is 3.34. The van der Waals surface area contributed by atoms with Gasteiger partial charge < -0.3 is 19.7 Å². The van der Waals surface area contributed by atoms with Crippen molar-refractivity contribution in [2.45, 2.75) is 60.8 Å². The summed E-state index contributed by atoms with van der Waals surface area (Å²) in [4.78, 5) is 45.6. The molecule has 0 radical (unpaired) electrons. The van der Waals surface area contributed by atoms with E-state index in [1.807, 2.05) is 26.0 Å². The largest absolute Gasteiger partial charge is 0.481 e. The number of aliphatic carboxylic acids is 2. The van der Waals surface area contributed by atoms with Crippen LogP contribution >= 0.6 is 0 Å². The summed E-state index contributed by atoms with van der Waals surface area (Å²) in [5, 5.41) is 17.7. The third-order valence-corrected chi connectivity index (χ3v) is 6.48. The average Bonchev–Trinajstić information content (AvgIpc) is 3.32. The molecule has 0 aliphatic heterocycles. The molecule has 0 spiro atoms. The topological polar surface area (TPSA) is 127 Å². The molecule has 8 nitrogen and oxygen atoms in total. The maximum absolute atomic E-state index is 12.2. The van der Waals surface area contributed by atoms with Crippen LogP contribution in [0.5, 0.6) is 0 Å². The molecule has 2 bridgehead atoms. The van der Waals surface area contributed by atoms with E-state index < -0.39 is 40.6 Å². The highest BCUT2D eigenvalue weighted by molar-refractivity contribution is 5.83. The van der Waals surface area contributed by atoms with E-state index >= 15 is 0 Å². The number of allylic oxidation sites excluding steroid dienone is 2. The second kappa shape index (κ2) is 10.8. The van der Waals surface area contributed by atoms with Gasteiger partial charge in [-0.2, -0.15) is 0 Å². The molecule has 2 N–H and O–H groups in total. The van der Waals surface area contributed by atoms with Crippen LogP contribution in [0.25, 0.3) is 0 Å². The lowest BCUT2D eigenvalue weighted by atomic mass is 9.83. The summed E-state index contributed by atoms with van der Waals surface area (Å²) >= 11 is 0. The van der Waals surface area contributed by atoms with E-state index in [2.05, 4.69) is 0 Å². The summed E-state index contributed by atoms with van der Waals surface area (Å²) in [6.45, 7) is 10.7. The number of rotatable bonds is 9. The van der Waals surface area contributed by atoms with Gasteiger partial charge >= 0.3 is 23.9 Å². The van der Waals surface area contributed by atoms with Crippen LogP contribution in [-0.4, -0.2) is 47.3 Å². The third kappa shape index (κ3) is 6.80. The fraction of sp³-hybridized carbons (Fsp3) is 0.739. The van der Waals surface area contributed by atoms with Gasteiger partial charge in [-0.05, 0) is 58.8 Å². The zero-order chi connectivity index (χ0) is 24.0. The first-order valence-corrected chi connectivity index (χ1v) is 10.8. The van der Waals surface area contributed by atoms with E-state index in [9.17, 15) is 24.3 Å². The molecule has 0 aromatic rings. The van der Waals surface area contributed by atoms with Gasteiger partial charge in [0, 0.05) is 0 Å². The maximum atomic E-state index is 12.2.